The van der Waals surface area contributed by atoms with Gasteiger partial charge in [0.15, 0.2) is 0 Å². The third-order valence-electron chi connectivity index (χ3n) is 3.70. The predicted molar refractivity (Wildman–Crippen MR) is 103 cm³/mol. The second-order valence-electron chi connectivity index (χ2n) is 5.74. The highest BCUT2D eigenvalue weighted by Crippen LogP contribution is 2.29. The Bertz CT molecular complexity index is 909. The standard InChI is InChI=1S/C19H19ClN4O/c1-3-10-21-18-16-11-14(13-4-7-15(20)8-5-13)6-9-17(16)23-19(24-18)22-12(2)25/h4-9,11H,3,10H2,1-2H3,(H2,21,22,23,24,25). The van der Waals surface area contributed by atoms with Gasteiger partial charge in [-0.25, -0.2) is 4.98 Å². The molecule has 1 heterocycles. The molecule has 0 saturated carbocycles. The summed E-state index contributed by atoms with van der Waals surface area (Å²) in [5.74, 6) is 0.822. The van der Waals surface area contributed by atoms with Crippen LogP contribution in [-0.4, -0.2) is 22.4 Å². The van der Waals surface area contributed by atoms with Crippen LogP contribution >= 0.6 is 11.6 Å². The summed E-state index contributed by atoms with van der Waals surface area (Å²) in [6, 6.07) is 13.7. The highest BCUT2D eigenvalue weighted by molar-refractivity contribution is 6.30. The Morgan fingerprint density at radius 2 is 1.80 bits per heavy atom. The maximum absolute atomic E-state index is 11.3. The van der Waals surface area contributed by atoms with Crippen LogP contribution in [0, 0.1) is 0 Å². The van der Waals surface area contributed by atoms with Crippen molar-refractivity contribution in [3.63, 3.8) is 0 Å². The lowest BCUT2D eigenvalue weighted by atomic mass is 10.0. The summed E-state index contributed by atoms with van der Waals surface area (Å²) in [7, 11) is 0. The Morgan fingerprint density at radius 3 is 2.48 bits per heavy atom. The number of hydrogen-bond donors (Lipinski definition) is 2. The molecule has 0 aliphatic rings. The van der Waals surface area contributed by atoms with Crippen LogP contribution in [0.4, 0.5) is 11.8 Å². The van der Waals surface area contributed by atoms with Gasteiger partial charge in [-0.05, 0) is 41.8 Å². The van der Waals surface area contributed by atoms with Gasteiger partial charge in [-0.2, -0.15) is 4.98 Å². The number of carbonyl (C=O) groups is 1. The van der Waals surface area contributed by atoms with Crippen LogP contribution < -0.4 is 10.6 Å². The van der Waals surface area contributed by atoms with E-state index in [-0.39, 0.29) is 5.91 Å². The molecule has 0 atom stereocenters. The second-order valence-corrected chi connectivity index (χ2v) is 6.18. The number of aromatic nitrogens is 2. The van der Waals surface area contributed by atoms with Crippen LogP contribution in [-0.2, 0) is 4.79 Å². The largest absolute Gasteiger partial charge is 0.369 e. The maximum Gasteiger partial charge on any atom is 0.231 e. The number of anilines is 2. The zero-order chi connectivity index (χ0) is 17.8. The monoisotopic (exact) mass is 354 g/mol. The molecule has 0 bridgehead atoms. The summed E-state index contributed by atoms with van der Waals surface area (Å²) < 4.78 is 0. The molecule has 3 rings (SSSR count). The van der Waals surface area contributed by atoms with Crippen molar-refractivity contribution in [3.8, 4) is 11.1 Å². The number of nitrogens with one attached hydrogen (secondary N) is 2. The van der Waals surface area contributed by atoms with E-state index in [4.69, 9.17) is 11.6 Å². The van der Waals surface area contributed by atoms with Gasteiger partial charge in [-0.15, -0.1) is 0 Å². The molecule has 128 valence electrons. The van der Waals surface area contributed by atoms with Crippen molar-refractivity contribution < 1.29 is 4.79 Å². The number of nitrogens with zero attached hydrogens (tertiary/aromatic N) is 2. The molecule has 0 fully saturated rings. The van der Waals surface area contributed by atoms with Gasteiger partial charge in [0, 0.05) is 23.9 Å². The molecule has 2 aromatic carbocycles. The number of hydrogen-bond acceptors (Lipinski definition) is 4. The van der Waals surface area contributed by atoms with Gasteiger partial charge >= 0.3 is 0 Å². The number of rotatable bonds is 5. The number of benzene rings is 2. The minimum atomic E-state index is -0.196. The molecule has 0 aliphatic carbocycles. The third-order valence-corrected chi connectivity index (χ3v) is 3.96. The van der Waals surface area contributed by atoms with Gasteiger partial charge in [-0.1, -0.05) is 36.7 Å². The minimum absolute atomic E-state index is 0.196. The number of carbonyl (C=O) groups excluding carboxylic acids is 1. The van der Waals surface area contributed by atoms with Crippen LogP contribution in [0.2, 0.25) is 5.02 Å². The number of halogens is 1. The van der Waals surface area contributed by atoms with Gasteiger partial charge in [0.05, 0.1) is 5.52 Å². The summed E-state index contributed by atoms with van der Waals surface area (Å²) in [6.45, 7) is 4.32. The zero-order valence-corrected chi connectivity index (χ0v) is 14.9. The lowest BCUT2D eigenvalue weighted by Crippen LogP contribution is -2.11. The SMILES string of the molecule is CCCNc1nc(NC(C)=O)nc2ccc(-c3ccc(Cl)cc3)cc12. The van der Waals surface area contributed by atoms with Gasteiger partial charge in [-0.3, -0.25) is 10.1 Å². The summed E-state index contributed by atoms with van der Waals surface area (Å²) >= 11 is 5.97. The Hall–Kier alpha value is -2.66. The van der Waals surface area contributed by atoms with E-state index in [9.17, 15) is 4.79 Å². The lowest BCUT2D eigenvalue weighted by Gasteiger charge is -2.12. The maximum atomic E-state index is 11.3. The fraction of sp³-hybridized carbons (Fsp3) is 0.211. The smallest absolute Gasteiger partial charge is 0.231 e. The average molecular weight is 355 g/mol. The normalized spacial score (nSPS) is 10.7. The van der Waals surface area contributed by atoms with Gasteiger partial charge in [0.1, 0.15) is 5.82 Å². The fourth-order valence-corrected chi connectivity index (χ4v) is 2.67. The van der Waals surface area contributed by atoms with Gasteiger partial charge in [0.25, 0.3) is 0 Å². The van der Waals surface area contributed by atoms with Gasteiger partial charge < -0.3 is 5.32 Å². The summed E-state index contributed by atoms with van der Waals surface area (Å²) in [5.41, 5.74) is 2.90. The van der Waals surface area contributed by atoms with E-state index in [0.29, 0.717) is 16.8 Å². The van der Waals surface area contributed by atoms with E-state index in [1.165, 1.54) is 6.92 Å². The predicted octanol–water partition coefficient (Wildman–Crippen LogP) is 4.73. The van der Waals surface area contributed by atoms with E-state index >= 15 is 0 Å². The molecule has 0 unspecified atom stereocenters. The molecule has 25 heavy (non-hydrogen) atoms. The van der Waals surface area contributed by atoms with Crippen LogP contribution in [0.3, 0.4) is 0 Å². The van der Waals surface area contributed by atoms with Crippen molar-refractivity contribution in [2.75, 3.05) is 17.2 Å². The molecule has 3 aromatic rings. The first-order chi connectivity index (χ1) is 12.1. The van der Waals surface area contributed by atoms with E-state index in [1.807, 2.05) is 42.5 Å². The zero-order valence-electron chi connectivity index (χ0n) is 14.1. The van der Waals surface area contributed by atoms with E-state index in [0.717, 1.165) is 35.0 Å². The van der Waals surface area contributed by atoms with Gasteiger partial charge in [0.2, 0.25) is 11.9 Å². The Labute approximate surface area is 151 Å². The molecule has 0 aliphatic heterocycles. The first kappa shape index (κ1) is 17.2. The number of fused-ring (bicyclic) bond motifs is 1. The molecule has 0 radical (unpaired) electrons. The fourth-order valence-electron chi connectivity index (χ4n) is 2.54. The summed E-state index contributed by atoms with van der Waals surface area (Å²) in [5, 5.41) is 7.58. The van der Waals surface area contributed by atoms with Crippen molar-refractivity contribution in [1.29, 1.82) is 0 Å². The van der Waals surface area contributed by atoms with E-state index < -0.39 is 0 Å². The van der Waals surface area contributed by atoms with Crippen LogP contribution in [0.1, 0.15) is 20.3 Å². The quantitative estimate of drug-likeness (QED) is 0.695. The highest BCUT2D eigenvalue weighted by atomic mass is 35.5. The Kier molecular flexibility index (Phi) is 5.14. The van der Waals surface area contributed by atoms with Crippen molar-refractivity contribution in [2.45, 2.75) is 20.3 Å². The Morgan fingerprint density at radius 1 is 1.08 bits per heavy atom. The molecule has 0 spiro atoms. The topological polar surface area (TPSA) is 66.9 Å². The molecule has 1 aromatic heterocycles. The summed E-state index contributed by atoms with van der Waals surface area (Å²) in [4.78, 5) is 20.2. The molecule has 5 nitrogen and oxygen atoms in total. The minimum Gasteiger partial charge on any atom is -0.369 e. The van der Waals surface area contributed by atoms with Crippen LogP contribution in [0.5, 0.6) is 0 Å². The third kappa shape index (κ3) is 4.06. The molecule has 0 saturated heterocycles. The first-order valence-electron chi connectivity index (χ1n) is 8.16. The molecule has 6 heteroatoms. The van der Waals surface area contributed by atoms with Crippen LogP contribution in [0.15, 0.2) is 42.5 Å². The van der Waals surface area contributed by atoms with Crippen molar-refractivity contribution >= 4 is 40.2 Å². The lowest BCUT2D eigenvalue weighted by molar-refractivity contribution is -0.114. The average Bonchev–Trinajstić information content (AvgIpc) is 2.59. The van der Waals surface area contributed by atoms with Crippen molar-refractivity contribution in [3.05, 3.63) is 47.5 Å². The molecular formula is C19H19ClN4O. The van der Waals surface area contributed by atoms with E-state index in [1.54, 1.807) is 0 Å². The molecular weight excluding hydrogens is 336 g/mol. The first-order valence-corrected chi connectivity index (χ1v) is 8.54. The van der Waals surface area contributed by atoms with Crippen molar-refractivity contribution in [2.24, 2.45) is 0 Å². The second kappa shape index (κ2) is 7.49. The Balaban J connectivity index is 2.09. The van der Waals surface area contributed by atoms with Crippen LogP contribution in [0.25, 0.3) is 22.0 Å². The van der Waals surface area contributed by atoms with E-state index in [2.05, 4.69) is 27.5 Å². The number of amides is 1. The highest BCUT2D eigenvalue weighted by Gasteiger charge is 2.10. The summed E-state index contributed by atoms with van der Waals surface area (Å²) in [6.07, 6.45) is 0.970. The molecule has 2 N–H and O–H groups in total. The van der Waals surface area contributed by atoms with Crippen molar-refractivity contribution in [1.82, 2.24) is 9.97 Å². The molecule has 1 amide bonds.